The molecule has 0 radical (unpaired) electrons. The van der Waals surface area contributed by atoms with E-state index in [1.54, 1.807) is 18.2 Å². The lowest BCUT2D eigenvalue weighted by Gasteiger charge is -2.10. The summed E-state index contributed by atoms with van der Waals surface area (Å²) >= 11 is 5.78. The van der Waals surface area contributed by atoms with E-state index in [0.717, 1.165) is 0 Å². The highest BCUT2D eigenvalue weighted by molar-refractivity contribution is 6.30. The lowest BCUT2D eigenvalue weighted by Crippen LogP contribution is -2.10. The molecule has 0 saturated heterocycles. The molecule has 0 bridgehead atoms. The van der Waals surface area contributed by atoms with Crippen LogP contribution in [-0.4, -0.2) is 25.2 Å². The second kappa shape index (κ2) is 6.25. The Balaban J connectivity index is 2.25. The molecule has 0 aliphatic carbocycles. The highest BCUT2D eigenvalue weighted by Crippen LogP contribution is 2.26. The van der Waals surface area contributed by atoms with Crippen LogP contribution in [0.5, 0.6) is 17.2 Å². The highest BCUT2D eigenvalue weighted by atomic mass is 35.5. The molecule has 0 unspecified atom stereocenters. The van der Waals surface area contributed by atoms with Gasteiger partial charge in [0.2, 0.25) is 0 Å². The number of pyridine rings is 1. The van der Waals surface area contributed by atoms with Crippen LogP contribution < -0.4 is 14.2 Å². The molecule has 0 saturated carbocycles. The molecule has 1 aromatic heterocycles. The van der Waals surface area contributed by atoms with Gasteiger partial charge in [0, 0.05) is 18.3 Å². The van der Waals surface area contributed by atoms with Gasteiger partial charge >= 0.3 is 5.97 Å². The van der Waals surface area contributed by atoms with Crippen LogP contribution >= 0.6 is 11.6 Å². The normalized spacial score (nSPS) is 9.95. The maximum atomic E-state index is 12.1. The zero-order valence-electron chi connectivity index (χ0n) is 10.9. The van der Waals surface area contributed by atoms with Crippen LogP contribution in [0.4, 0.5) is 0 Å². The monoisotopic (exact) mass is 293 g/mol. The van der Waals surface area contributed by atoms with E-state index in [4.69, 9.17) is 25.8 Å². The molecule has 0 amide bonds. The minimum atomic E-state index is -0.562. The molecule has 0 aliphatic rings. The highest BCUT2D eigenvalue weighted by Gasteiger charge is 2.15. The number of ether oxygens (including phenoxy) is 3. The number of aromatic nitrogens is 1. The van der Waals surface area contributed by atoms with Crippen LogP contribution in [0, 0.1) is 0 Å². The summed E-state index contributed by atoms with van der Waals surface area (Å²) in [4.78, 5) is 15.9. The van der Waals surface area contributed by atoms with Gasteiger partial charge in [0.25, 0.3) is 0 Å². The Morgan fingerprint density at radius 1 is 1.10 bits per heavy atom. The van der Waals surface area contributed by atoms with Crippen molar-refractivity contribution in [3.05, 3.63) is 47.2 Å². The number of halogens is 1. The molecule has 0 spiro atoms. The van der Waals surface area contributed by atoms with E-state index in [2.05, 4.69) is 4.98 Å². The van der Waals surface area contributed by atoms with Crippen molar-refractivity contribution in [3.63, 3.8) is 0 Å². The fourth-order valence-corrected chi connectivity index (χ4v) is 1.74. The third kappa shape index (κ3) is 3.19. The average molecular weight is 294 g/mol. The van der Waals surface area contributed by atoms with E-state index < -0.39 is 5.97 Å². The Kier molecular flexibility index (Phi) is 4.42. The molecule has 2 aromatic rings. The Bertz CT molecular complexity index is 630. The molecule has 104 valence electrons. The molecule has 0 aliphatic heterocycles. The van der Waals surface area contributed by atoms with Gasteiger partial charge in [-0.05, 0) is 12.1 Å². The molecule has 0 N–H and O–H groups in total. The number of nitrogens with zero attached hydrogens (tertiary/aromatic N) is 1. The topological polar surface area (TPSA) is 57.7 Å². The minimum Gasteiger partial charge on any atom is -0.497 e. The summed E-state index contributed by atoms with van der Waals surface area (Å²) in [5.74, 6) is 0.654. The van der Waals surface area contributed by atoms with Gasteiger partial charge in [-0.1, -0.05) is 11.6 Å². The second-order valence-electron chi connectivity index (χ2n) is 3.79. The average Bonchev–Trinajstić information content (AvgIpc) is 2.46. The Hall–Kier alpha value is -2.27. The molecule has 1 aromatic carbocycles. The molecule has 0 fully saturated rings. The van der Waals surface area contributed by atoms with Crippen molar-refractivity contribution in [3.8, 4) is 17.2 Å². The third-order valence-corrected chi connectivity index (χ3v) is 2.73. The van der Waals surface area contributed by atoms with Gasteiger partial charge in [0.1, 0.15) is 17.1 Å². The number of hydrogen-bond acceptors (Lipinski definition) is 5. The van der Waals surface area contributed by atoms with Gasteiger partial charge in [-0.3, -0.25) is 4.98 Å². The summed E-state index contributed by atoms with van der Waals surface area (Å²) in [5, 5.41) is 0.386. The molecule has 5 nitrogen and oxygen atoms in total. The molecule has 20 heavy (non-hydrogen) atoms. The largest absolute Gasteiger partial charge is 0.497 e. The maximum absolute atomic E-state index is 12.1. The van der Waals surface area contributed by atoms with Crippen LogP contribution in [0.1, 0.15) is 10.4 Å². The summed E-state index contributed by atoms with van der Waals surface area (Å²) in [6.45, 7) is 0. The van der Waals surface area contributed by atoms with Crippen LogP contribution in [-0.2, 0) is 0 Å². The lowest BCUT2D eigenvalue weighted by atomic mass is 10.2. The zero-order valence-corrected chi connectivity index (χ0v) is 11.7. The molecular formula is C14H12ClNO4. The Morgan fingerprint density at radius 2 is 1.90 bits per heavy atom. The minimum absolute atomic E-state index is 0.264. The molecule has 0 atom stereocenters. The number of benzene rings is 1. The predicted octanol–water partition coefficient (Wildman–Crippen LogP) is 2.97. The van der Waals surface area contributed by atoms with Crippen molar-refractivity contribution in [1.82, 2.24) is 4.98 Å². The van der Waals surface area contributed by atoms with Crippen LogP contribution in [0.15, 0.2) is 36.7 Å². The predicted molar refractivity (Wildman–Crippen MR) is 73.8 cm³/mol. The van der Waals surface area contributed by atoms with Crippen molar-refractivity contribution >= 4 is 17.6 Å². The number of esters is 1. The SMILES string of the molecule is COc1ccc(C(=O)Oc2cncc(Cl)c2)c(OC)c1. The van der Waals surface area contributed by atoms with Crippen LogP contribution in [0.2, 0.25) is 5.02 Å². The Morgan fingerprint density at radius 3 is 2.55 bits per heavy atom. The fourth-order valence-electron chi connectivity index (χ4n) is 1.58. The van der Waals surface area contributed by atoms with E-state index in [1.165, 1.54) is 32.7 Å². The van der Waals surface area contributed by atoms with E-state index in [0.29, 0.717) is 16.5 Å². The summed E-state index contributed by atoms with van der Waals surface area (Å²) in [6.07, 6.45) is 2.85. The van der Waals surface area contributed by atoms with Crippen LogP contribution in [0.25, 0.3) is 0 Å². The first-order valence-corrected chi connectivity index (χ1v) is 6.06. The molecule has 6 heteroatoms. The second-order valence-corrected chi connectivity index (χ2v) is 4.23. The zero-order chi connectivity index (χ0) is 14.5. The fraction of sp³-hybridized carbons (Fsp3) is 0.143. The molecule has 1 heterocycles. The number of hydrogen-bond donors (Lipinski definition) is 0. The summed E-state index contributed by atoms with van der Waals surface area (Å²) in [5.41, 5.74) is 0.285. The third-order valence-electron chi connectivity index (χ3n) is 2.52. The number of methoxy groups -OCH3 is 2. The van der Waals surface area contributed by atoms with Crippen molar-refractivity contribution in [1.29, 1.82) is 0 Å². The number of rotatable bonds is 4. The van der Waals surface area contributed by atoms with Gasteiger partial charge in [0.15, 0.2) is 5.75 Å². The van der Waals surface area contributed by atoms with Crippen molar-refractivity contribution in [2.24, 2.45) is 0 Å². The summed E-state index contributed by atoms with van der Waals surface area (Å²) < 4.78 is 15.4. The Labute approximate surface area is 121 Å². The number of carbonyl (C=O) groups excluding carboxylic acids is 1. The summed E-state index contributed by atoms with van der Waals surface area (Å²) in [6, 6.07) is 6.32. The smallest absolute Gasteiger partial charge is 0.347 e. The first kappa shape index (κ1) is 14.1. The van der Waals surface area contributed by atoms with Crippen molar-refractivity contribution in [2.45, 2.75) is 0 Å². The first-order chi connectivity index (χ1) is 9.63. The summed E-state index contributed by atoms with van der Waals surface area (Å²) in [7, 11) is 3.00. The standard InChI is InChI=1S/C14H12ClNO4/c1-18-10-3-4-12(13(6-10)19-2)14(17)20-11-5-9(15)7-16-8-11/h3-8H,1-2H3. The quantitative estimate of drug-likeness (QED) is 0.811. The van der Waals surface area contributed by atoms with Gasteiger partial charge < -0.3 is 14.2 Å². The van der Waals surface area contributed by atoms with Crippen molar-refractivity contribution in [2.75, 3.05) is 14.2 Å². The van der Waals surface area contributed by atoms with Gasteiger partial charge in [0.05, 0.1) is 25.4 Å². The lowest BCUT2D eigenvalue weighted by molar-refractivity contribution is 0.0730. The van der Waals surface area contributed by atoms with Crippen LogP contribution in [0.3, 0.4) is 0 Å². The molecule has 2 rings (SSSR count). The van der Waals surface area contributed by atoms with E-state index in [1.807, 2.05) is 0 Å². The molecular weight excluding hydrogens is 282 g/mol. The van der Waals surface area contributed by atoms with Gasteiger partial charge in [-0.25, -0.2) is 4.79 Å². The van der Waals surface area contributed by atoms with E-state index >= 15 is 0 Å². The van der Waals surface area contributed by atoms with E-state index in [9.17, 15) is 4.79 Å². The number of carbonyl (C=O) groups is 1. The van der Waals surface area contributed by atoms with Gasteiger partial charge in [-0.2, -0.15) is 0 Å². The van der Waals surface area contributed by atoms with Gasteiger partial charge in [-0.15, -0.1) is 0 Å². The first-order valence-electron chi connectivity index (χ1n) is 5.69. The van der Waals surface area contributed by atoms with E-state index in [-0.39, 0.29) is 11.3 Å². The van der Waals surface area contributed by atoms with Crippen molar-refractivity contribution < 1.29 is 19.0 Å². The maximum Gasteiger partial charge on any atom is 0.347 e.